The summed E-state index contributed by atoms with van der Waals surface area (Å²) in [4.78, 5) is 15.9. The lowest BCUT2D eigenvalue weighted by Gasteiger charge is -2.07. The number of nitrogens with one attached hydrogen (secondary N) is 1. The summed E-state index contributed by atoms with van der Waals surface area (Å²) in [6.45, 7) is 2.61. The number of carbonyl (C=O) groups is 1. The number of anilines is 1. The first-order chi connectivity index (χ1) is 8.60. The van der Waals surface area contributed by atoms with Crippen molar-refractivity contribution in [2.75, 3.05) is 5.32 Å². The van der Waals surface area contributed by atoms with E-state index in [1.54, 1.807) is 29.0 Å². The summed E-state index contributed by atoms with van der Waals surface area (Å²) in [6, 6.07) is 4.88. The van der Waals surface area contributed by atoms with Crippen molar-refractivity contribution in [2.24, 2.45) is 0 Å². The van der Waals surface area contributed by atoms with Crippen molar-refractivity contribution in [3.05, 3.63) is 46.5 Å². The van der Waals surface area contributed by atoms with Crippen LogP contribution in [-0.2, 0) is 6.54 Å². The number of carbonyl (C=O) groups excluding carboxylic acids is 1. The van der Waals surface area contributed by atoms with Crippen molar-refractivity contribution in [1.82, 2.24) is 9.55 Å². The highest BCUT2D eigenvalue weighted by Crippen LogP contribution is 2.17. The number of hydrogen-bond acceptors (Lipinski definition) is 2. The highest BCUT2D eigenvalue weighted by Gasteiger charge is 2.12. The third-order valence-corrected chi connectivity index (χ3v) is 2.83. The van der Waals surface area contributed by atoms with E-state index in [9.17, 15) is 4.79 Å². The Labute approximate surface area is 115 Å². The Hall–Kier alpha value is -1.52. The lowest BCUT2D eigenvalue weighted by molar-refractivity contribution is 0.101. The van der Waals surface area contributed by atoms with Crippen molar-refractivity contribution < 1.29 is 4.79 Å². The Balaban J connectivity index is 2.21. The van der Waals surface area contributed by atoms with E-state index in [-0.39, 0.29) is 5.91 Å². The average molecular weight is 284 g/mol. The van der Waals surface area contributed by atoms with E-state index >= 15 is 0 Å². The van der Waals surface area contributed by atoms with E-state index in [0.29, 0.717) is 28.1 Å². The summed E-state index contributed by atoms with van der Waals surface area (Å²) in [5, 5.41) is 3.61. The second-order valence-electron chi connectivity index (χ2n) is 3.65. The van der Waals surface area contributed by atoms with Crippen LogP contribution in [0, 0.1) is 0 Å². The molecule has 1 amide bonds. The van der Waals surface area contributed by atoms with E-state index < -0.39 is 0 Å². The maximum Gasteiger partial charge on any atom is 0.272 e. The van der Waals surface area contributed by atoms with Crippen molar-refractivity contribution in [3.63, 3.8) is 0 Å². The molecule has 0 radical (unpaired) electrons. The van der Waals surface area contributed by atoms with Gasteiger partial charge in [-0.15, -0.1) is 0 Å². The number of amides is 1. The molecule has 0 aliphatic rings. The van der Waals surface area contributed by atoms with Crippen LogP contribution >= 0.6 is 23.2 Å². The molecule has 0 spiro atoms. The Kier molecular flexibility index (Phi) is 3.89. The van der Waals surface area contributed by atoms with Crippen LogP contribution in [0.1, 0.15) is 17.4 Å². The van der Waals surface area contributed by atoms with Gasteiger partial charge >= 0.3 is 0 Å². The van der Waals surface area contributed by atoms with Gasteiger partial charge in [0.1, 0.15) is 10.8 Å². The average Bonchev–Trinajstić information content (AvgIpc) is 2.70. The molecule has 0 saturated carbocycles. The van der Waals surface area contributed by atoms with Crippen molar-refractivity contribution >= 4 is 34.8 Å². The number of nitrogens with zero attached hydrogens (tertiary/aromatic N) is 2. The zero-order valence-corrected chi connectivity index (χ0v) is 11.2. The molecule has 18 heavy (non-hydrogen) atoms. The molecule has 0 fully saturated rings. The highest BCUT2D eigenvalue weighted by molar-refractivity contribution is 6.31. The molecular weight excluding hydrogens is 273 g/mol. The fourth-order valence-corrected chi connectivity index (χ4v) is 2.00. The van der Waals surface area contributed by atoms with Gasteiger partial charge in [-0.1, -0.05) is 23.2 Å². The van der Waals surface area contributed by atoms with E-state index in [1.807, 2.05) is 6.92 Å². The van der Waals surface area contributed by atoms with Gasteiger partial charge in [0.15, 0.2) is 0 Å². The van der Waals surface area contributed by atoms with Gasteiger partial charge in [-0.25, -0.2) is 4.98 Å². The summed E-state index contributed by atoms with van der Waals surface area (Å²) in [5.74, 6) is -0.231. The fraction of sp³-hybridized carbons (Fsp3) is 0.167. The van der Waals surface area contributed by atoms with Crippen LogP contribution in [0.4, 0.5) is 5.69 Å². The van der Waals surface area contributed by atoms with Gasteiger partial charge in [0, 0.05) is 24.6 Å². The zero-order valence-electron chi connectivity index (χ0n) is 9.65. The Bertz CT molecular complexity index is 580. The Morgan fingerprint density at radius 2 is 2.22 bits per heavy atom. The minimum Gasteiger partial charge on any atom is -0.342 e. The molecule has 2 rings (SSSR count). The maximum absolute atomic E-state index is 12.1. The summed E-state index contributed by atoms with van der Waals surface area (Å²) in [7, 11) is 0. The van der Waals surface area contributed by atoms with Crippen LogP contribution in [0.25, 0.3) is 0 Å². The number of halogens is 2. The van der Waals surface area contributed by atoms with Gasteiger partial charge in [0.25, 0.3) is 5.91 Å². The minimum atomic E-state index is -0.231. The molecule has 2 heterocycles. The number of aromatic nitrogens is 2. The molecule has 0 aliphatic heterocycles. The molecule has 0 unspecified atom stereocenters. The van der Waals surface area contributed by atoms with Gasteiger partial charge in [0.2, 0.25) is 0 Å². The van der Waals surface area contributed by atoms with Crippen LogP contribution < -0.4 is 5.32 Å². The zero-order chi connectivity index (χ0) is 13.1. The molecule has 0 aromatic carbocycles. The molecule has 4 nitrogen and oxygen atoms in total. The molecule has 1 N–H and O–H groups in total. The number of rotatable bonds is 3. The van der Waals surface area contributed by atoms with Crippen LogP contribution in [0.15, 0.2) is 30.6 Å². The van der Waals surface area contributed by atoms with Crippen molar-refractivity contribution in [1.29, 1.82) is 0 Å². The minimum absolute atomic E-state index is 0.231. The second-order valence-corrected chi connectivity index (χ2v) is 4.47. The number of aryl methyl sites for hydroxylation is 1. The Morgan fingerprint density at radius 1 is 1.44 bits per heavy atom. The van der Waals surface area contributed by atoms with Crippen LogP contribution in [0.5, 0.6) is 0 Å². The van der Waals surface area contributed by atoms with E-state index in [0.717, 1.165) is 0 Å². The van der Waals surface area contributed by atoms with Gasteiger partial charge < -0.3 is 9.88 Å². The summed E-state index contributed by atoms with van der Waals surface area (Å²) < 4.78 is 1.78. The smallest absolute Gasteiger partial charge is 0.272 e. The van der Waals surface area contributed by atoms with Crippen molar-refractivity contribution in [3.8, 4) is 0 Å². The first-order valence-corrected chi connectivity index (χ1v) is 6.14. The van der Waals surface area contributed by atoms with Gasteiger partial charge in [-0.05, 0) is 25.1 Å². The summed E-state index contributed by atoms with van der Waals surface area (Å²) >= 11 is 11.6. The molecule has 0 aliphatic carbocycles. The molecule has 6 heteroatoms. The predicted molar refractivity (Wildman–Crippen MR) is 72.3 cm³/mol. The predicted octanol–water partition coefficient (Wildman–Crippen LogP) is 3.46. The fourth-order valence-electron chi connectivity index (χ4n) is 1.60. The van der Waals surface area contributed by atoms with Gasteiger partial charge in [-0.2, -0.15) is 0 Å². The normalized spacial score (nSPS) is 10.4. The molecular formula is C12H11Cl2N3O. The van der Waals surface area contributed by atoms with Crippen LogP contribution in [0.3, 0.4) is 0 Å². The third kappa shape index (κ3) is 2.83. The lowest BCUT2D eigenvalue weighted by atomic mass is 10.3. The molecule has 0 saturated heterocycles. The molecule has 0 atom stereocenters. The SMILES string of the molecule is CCn1cc(Cl)cc1C(=O)Nc1ccnc(Cl)c1. The molecule has 94 valence electrons. The highest BCUT2D eigenvalue weighted by atomic mass is 35.5. The molecule has 2 aromatic rings. The van der Waals surface area contributed by atoms with Gasteiger partial charge in [0.05, 0.1) is 5.02 Å². The first kappa shape index (κ1) is 12.9. The van der Waals surface area contributed by atoms with Crippen LogP contribution in [-0.4, -0.2) is 15.5 Å². The molecule has 0 bridgehead atoms. The van der Waals surface area contributed by atoms with Crippen molar-refractivity contribution in [2.45, 2.75) is 13.5 Å². The topological polar surface area (TPSA) is 46.9 Å². The van der Waals surface area contributed by atoms with E-state index in [1.165, 1.54) is 6.20 Å². The quantitative estimate of drug-likeness (QED) is 0.877. The Morgan fingerprint density at radius 3 is 2.89 bits per heavy atom. The largest absolute Gasteiger partial charge is 0.342 e. The van der Waals surface area contributed by atoms with E-state index in [4.69, 9.17) is 23.2 Å². The molecule has 2 aromatic heterocycles. The third-order valence-electron chi connectivity index (χ3n) is 2.42. The lowest BCUT2D eigenvalue weighted by Crippen LogP contribution is -2.16. The summed E-state index contributed by atoms with van der Waals surface area (Å²) in [6.07, 6.45) is 3.25. The van der Waals surface area contributed by atoms with Crippen LogP contribution in [0.2, 0.25) is 10.2 Å². The second kappa shape index (κ2) is 5.42. The summed E-state index contributed by atoms with van der Waals surface area (Å²) in [5.41, 5.74) is 1.11. The monoisotopic (exact) mass is 283 g/mol. The van der Waals surface area contributed by atoms with Gasteiger partial charge in [-0.3, -0.25) is 4.79 Å². The number of pyridine rings is 1. The van der Waals surface area contributed by atoms with E-state index in [2.05, 4.69) is 10.3 Å². The first-order valence-electron chi connectivity index (χ1n) is 5.38. The standard InChI is InChI=1S/C12H11Cl2N3O/c1-2-17-7-8(13)5-10(17)12(18)16-9-3-4-15-11(14)6-9/h3-7H,2H2,1H3,(H,15,16,18). The maximum atomic E-state index is 12.1. The number of hydrogen-bond donors (Lipinski definition) is 1.